The summed E-state index contributed by atoms with van der Waals surface area (Å²) < 4.78 is 17.2. The van der Waals surface area contributed by atoms with Gasteiger partial charge < -0.3 is 35.1 Å². The van der Waals surface area contributed by atoms with Crippen molar-refractivity contribution in [1.82, 2.24) is 4.98 Å². The highest BCUT2D eigenvalue weighted by atomic mass is 79.9. The van der Waals surface area contributed by atoms with Gasteiger partial charge in [0.2, 0.25) is 0 Å². The zero-order chi connectivity index (χ0) is 22.8. The predicted molar refractivity (Wildman–Crippen MR) is 128 cm³/mol. The first-order valence-corrected chi connectivity index (χ1v) is 11.2. The molecule has 32 heavy (non-hydrogen) atoms. The van der Waals surface area contributed by atoms with Crippen LogP contribution in [-0.2, 0) is 14.2 Å². The molecule has 1 aromatic heterocycles. The molecule has 0 atom stereocenters. The third-order valence-corrected chi connectivity index (χ3v) is 5.10. The van der Waals surface area contributed by atoms with Crippen LogP contribution in [-0.4, -0.2) is 73.6 Å². The number of phenols is 1. The fraction of sp³-hybridized carbons (Fsp3) is 0.348. The molecule has 2 aromatic carbocycles. The van der Waals surface area contributed by atoms with Gasteiger partial charge in [-0.05, 0) is 30.3 Å². The van der Waals surface area contributed by atoms with Crippen molar-refractivity contribution < 1.29 is 24.4 Å². The lowest BCUT2D eigenvalue weighted by Crippen LogP contribution is -2.14. The molecular formula is C23H28BrN3O5. The Bertz CT molecular complexity index is 1040. The molecule has 0 amide bonds. The van der Waals surface area contributed by atoms with Gasteiger partial charge in [0.1, 0.15) is 5.75 Å². The molecule has 9 heteroatoms. The van der Waals surface area contributed by atoms with Crippen molar-refractivity contribution in [3.8, 4) is 11.6 Å². The van der Waals surface area contributed by atoms with Gasteiger partial charge in [-0.3, -0.25) is 4.99 Å². The smallest absolute Gasteiger partial charge is 0.199 e. The van der Waals surface area contributed by atoms with Crippen LogP contribution >= 0.6 is 15.9 Å². The van der Waals surface area contributed by atoms with Crippen molar-refractivity contribution in [3.05, 3.63) is 58.1 Å². The Morgan fingerprint density at radius 1 is 0.938 bits per heavy atom. The highest BCUT2D eigenvalue weighted by Gasteiger charge is 2.18. The van der Waals surface area contributed by atoms with Crippen LogP contribution in [0.3, 0.4) is 0 Å². The monoisotopic (exact) mass is 505 g/mol. The van der Waals surface area contributed by atoms with Gasteiger partial charge >= 0.3 is 0 Å². The number of aliphatic imine (C=N–C) groups is 1. The van der Waals surface area contributed by atoms with E-state index in [0.29, 0.717) is 69.6 Å². The summed E-state index contributed by atoms with van der Waals surface area (Å²) in [5.41, 5.74) is 7.98. The number of phenolic OH excluding ortho intramolecular Hbond substituents is 1. The van der Waals surface area contributed by atoms with E-state index in [2.05, 4.69) is 20.9 Å². The van der Waals surface area contributed by atoms with E-state index in [4.69, 9.17) is 24.9 Å². The fourth-order valence-electron chi connectivity index (χ4n) is 3.20. The second-order valence-electron chi connectivity index (χ2n) is 6.94. The number of nitrogens with one attached hydrogen (secondary N) is 1. The molecule has 5 N–H and O–H groups in total. The van der Waals surface area contributed by atoms with Crippen molar-refractivity contribution in [2.45, 2.75) is 0 Å². The van der Waals surface area contributed by atoms with E-state index in [1.165, 1.54) is 0 Å². The predicted octanol–water partition coefficient (Wildman–Crippen LogP) is 3.19. The summed E-state index contributed by atoms with van der Waals surface area (Å²) in [5, 5.41) is 21.4. The molecule has 0 unspecified atom stereocenters. The normalized spacial score (nSPS) is 12.0. The third-order valence-electron chi connectivity index (χ3n) is 4.61. The molecule has 0 fully saturated rings. The van der Waals surface area contributed by atoms with Crippen LogP contribution in [0.4, 0.5) is 0 Å². The lowest BCUT2D eigenvalue weighted by Gasteiger charge is -2.09. The fourth-order valence-corrected chi connectivity index (χ4v) is 3.57. The number of halogens is 1. The number of fused-ring (bicyclic) bond motifs is 1. The number of aromatic hydroxyl groups is 2. The average molecular weight is 506 g/mol. The Morgan fingerprint density at radius 3 is 2.38 bits per heavy atom. The number of ether oxygens (including phenoxy) is 3. The SMILES string of the molecule is NCCOCCOCCOCCN=C(c1cccc(O)c1)c1c(O)[nH]c2ccc(Br)cc12. The molecule has 0 saturated heterocycles. The van der Waals surface area contributed by atoms with Crippen LogP contribution in [0.2, 0.25) is 0 Å². The number of benzene rings is 2. The van der Waals surface area contributed by atoms with E-state index < -0.39 is 0 Å². The molecule has 172 valence electrons. The van der Waals surface area contributed by atoms with E-state index in [1.807, 2.05) is 24.3 Å². The maximum atomic E-state index is 10.6. The number of aromatic amines is 1. The third kappa shape index (κ3) is 6.78. The van der Waals surface area contributed by atoms with Crippen LogP contribution in [0.1, 0.15) is 11.1 Å². The maximum Gasteiger partial charge on any atom is 0.199 e. The summed E-state index contributed by atoms with van der Waals surface area (Å²) in [7, 11) is 0. The van der Waals surface area contributed by atoms with E-state index in [9.17, 15) is 10.2 Å². The van der Waals surface area contributed by atoms with Gasteiger partial charge in [0.25, 0.3) is 0 Å². The molecule has 3 rings (SSSR count). The van der Waals surface area contributed by atoms with Crippen molar-refractivity contribution in [2.24, 2.45) is 10.7 Å². The number of hydrogen-bond acceptors (Lipinski definition) is 7. The highest BCUT2D eigenvalue weighted by molar-refractivity contribution is 9.10. The number of nitrogens with two attached hydrogens (primary N) is 1. The zero-order valence-electron chi connectivity index (χ0n) is 17.7. The van der Waals surface area contributed by atoms with Gasteiger partial charge in [-0.25, -0.2) is 0 Å². The zero-order valence-corrected chi connectivity index (χ0v) is 19.3. The Morgan fingerprint density at radius 2 is 1.66 bits per heavy atom. The number of aromatic nitrogens is 1. The van der Waals surface area contributed by atoms with Gasteiger partial charge in [-0.1, -0.05) is 28.1 Å². The summed E-state index contributed by atoms with van der Waals surface area (Å²) in [4.78, 5) is 7.69. The first-order valence-electron chi connectivity index (χ1n) is 10.4. The second-order valence-corrected chi connectivity index (χ2v) is 7.86. The second kappa shape index (κ2) is 12.6. The number of rotatable bonds is 13. The molecule has 0 spiro atoms. The molecule has 0 bridgehead atoms. The van der Waals surface area contributed by atoms with Crippen molar-refractivity contribution in [1.29, 1.82) is 0 Å². The van der Waals surface area contributed by atoms with E-state index in [1.54, 1.807) is 18.2 Å². The first-order chi connectivity index (χ1) is 15.6. The summed E-state index contributed by atoms with van der Waals surface area (Å²) in [5.74, 6) is 0.144. The maximum absolute atomic E-state index is 10.6. The van der Waals surface area contributed by atoms with E-state index in [0.717, 1.165) is 15.4 Å². The first kappa shape index (κ1) is 24.2. The molecule has 1 heterocycles. The van der Waals surface area contributed by atoms with Gasteiger partial charge in [-0.2, -0.15) is 0 Å². The summed E-state index contributed by atoms with van der Waals surface area (Å²) in [6, 6.07) is 12.5. The molecule has 0 saturated carbocycles. The molecule has 0 aliphatic carbocycles. The summed E-state index contributed by atoms with van der Waals surface area (Å²) in [6.07, 6.45) is 0. The van der Waals surface area contributed by atoms with Crippen molar-refractivity contribution in [3.63, 3.8) is 0 Å². The van der Waals surface area contributed by atoms with Gasteiger partial charge in [0, 0.05) is 27.5 Å². The van der Waals surface area contributed by atoms with Crippen LogP contribution in [0.15, 0.2) is 51.9 Å². The minimum Gasteiger partial charge on any atom is -0.508 e. The topological polar surface area (TPSA) is 122 Å². The molecular weight excluding hydrogens is 478 g/mol. The minimum atomic E-state index is 0.0198. The molecule has 8 nitrogen and oxygen atoms in total. The van der Waals surface area contributed by atoms with Crippen molar-refractivity contribution in [2.75, 3.05) is 52.7 Å². The molecule has 0 aliphatic heterocycles. The minimum absolute atomic E-state index is 0.0198. The van der Waals surface area contributed by atoms with Gasteiger partial charge in [0.15, 0.2) is 5.88 Å². The summed E-state index contributed by atoms with van der Waals surface area (Å²) in [6.45, 7) is 3.72. The number of H-pyrrole nitrogens is 1. The van der Waals surface area contributed by atoms with Crippen LogP contribution < -0.4 is 5.73 Å². The van der Waals surface area contributed by atoms with Gasteiger partial charge in [-0.15, -0.1) is 0 Å². The Hall–Kier alpha value is -2.43. The highest BCUT2D eigenvalue weighted by Crippen LogP contribution is 2.32. The number of hydrogen-bond donors (Lipinski definition) is 4. The quantitative estimate of drug-likeness (QED) is 0.209. The standard InChI is InChI=1S/C23H28BrN3O5/c24-17-4-5-20-19(15-17)21(23(29)27-20)22(16-2-1-3-18(28)14-16)26-7-9-31-11-13-32-12-10-30-8-6-25/h1-5,14-15,27-29H,6-13,25H2. The lowest BCUT2D eigenvalue weighted by molar-refractivity contribution is 0.0175. The van der Waals surface area contributed by atoms with Crippen LogP contribution in [0, 0.1) is 0 Å². The van der Waals surface area contributed by atoms with Gasteiger partial charge in [0.05, 0.1) is 57.5 Å². The van der Waals surface area contributed by atoms with E-state index in [-0.39, 0.29) is 11.6 Å². The largest absolute Gasteiger partial charge is 0.508 e. The average Bonchev–Trinajstić information content (AvgIpc) is 3.09. The van der Waals surface area contributed by atoms with Crippen LogP contribution in [0.5, 0.6) is 11.6 Å². The molecule has 0 aliphatic rings. The Labute approximate surface area is 195 Å². The Kier molecular flexibility index (Phi) is 9.51. The molecule has 3 aromatic rings. The molecule has 0 radical (unpaired) electrons. The number of nitrogens with zero attached hydrogens (tertiary/aromatic N) is 1. The lowest BCUT2D eigenvalue weighted by atomic mass is 10.0. The van der Waals surface area contributed by atoms with E-state index >= 15 is 0 Å². The Balaban J connectivity index is 1.66. The summed E-state index contributed by atoms with van der Waals surface area (Å²) >= 11 is 3.48. The van der Waals surface area contributed by atoms with Crippen LogP contribution in [0.25, 0.3) is 10.9 Å². The van der Waals surface area contributed by atoms with Crippen molar-refractivity contribution >= 4 is 32.5 Å².